The molecular formula is C25H27Cl2N5O. The van der Waals surface area contributed by atoms with Crippen LogP contribution in [0.4, 0.5) is 0 Å². The highest BCUT2D eigenvalue weighted by Gasteiger charge is 2.40. The molecule has 1 amide bonds. The minimum atomic E-state index is -0.665. The summed E-state index contributed by atoms with van der Waals surface area (Å²) < 4.78 is 1.89. The van der Waals surface area contributed by atoms with E-state index in [4.69, 9.17) is 28.9 Å². The van der Waals surface area contributed by atoms with Crippen molar-refractivity contribution in [3.63, 3.8) is 0 Å². The van der Waals surface area contributed by atoms with Crippen LogP contribution in [0.2, 0.25) is 10.0 Å². The van der Waals surface area contributed by atoms with E-state index in [0.717, 1.165) is 54.3 Å². The fourth-order valence-corrected chi connectivity index (χ4v) is 5.61. The number of amides is 1. The number of carbonyl (C=O) groups excluding carboxylic acids is 1. The zero-order valence-electron chi connectivity index (χ0n) is 18.6. The van der Waals surface area contributed by atoms with Crippen LogP contribution in [0.1, 0.15) is 56.2 Å². The molecule has 2 aliphatic rings. The maximum Gasteiger partial charge on any atom is 0.242 e. The molecule has 1 aliphatic carbocycles. The van der Waals surface area contributed by atoms with Gasteiger partial charge in [0.25, 0.3) is 0 Å². The van der Waals surface area contributed by atoms with Gasteiger partial charge in [-0.1, -0.05) is 59.5 Å². The van der Waals surface area contributed by atoms with Gasteiger partial charge < -0.3 is 10.6 Å². The standard InChI is InChI=1S/C25H27Cl2N5O/c1-16(20-6-5-19(26)15-21(20)27)32-23-14-18(4-7-22(23)29-30-32)17-8-12-31(13-9-17)24(33)25(28)10-2-3-11-25/h4-8,14-16H,2-3,9-13,28H2,1H3. The lowest BCUT2D eigenvalue weighted by Crippen LogP contribution is -2.54. The Balaban J connectivity index is 1.40. The van der Waals surface area contributed by atoms with Crippen LogP contribution in [0, 0.1) is 0 Å². The predicted molar refractivity (Wildman–Crippen MR) is 132 cm³/mol. The predicted octanol–water partition coefficient (Wildman–Crippen LogP) is 5.23. The van der Waals surface area contributed by atoms with Crippen molar-refractivity contribution in [3.05, 3.63) is 63.6 Å². The van der Waals surface area contributed by atoms with Crippen molar-refractivity contribution in [2.24, 2.45) is 5.73 Å². The third kappa shape index (κ3) is 4.16. The maximum atomic E-state index is 12.9. The molecule has 1 unspecified atom stereocenters. The van der Waals surface area contributed by atoms with Crippen LogP contribution >= 0.6 is 23.2 Å². The lowest BCUT2D eigenvalue weighted by atomic mass is 9.94. The molecule has 1 aliphatic heterocycles. The summed E-state index contributed by atoms with van der Waals surface area (Å²) >= 11 is 12.5. The molecule has 5 rings (SSSR count). The zero-order chi connectivity index (χ0) is 23.2. The summed E-state index contributed by atoms with van der Waals surface area (Å²) in [6, 6.07) is 11.6. The minimum Gasteiger partial charge on any atom is -0.337 e. The van der Waals surface area contributed by atoms with Crippen molar-refractivity contribution >= 4 is 45.7 Å². The molecule has 33 heavy (non-hydrogen) atoms. The summed E-state index contributed by atoms with van der Waals surface area (Å²) in [6.45, 7) is 3.33. The number of carbonyl (C=O) groups is 1. The summed E-state index contributed by atoms with van der Waals surface area (Å²) in [5, 5.41) is 9.95. The van der Waals surface area contributed by atoms with Crippen LogP contribution in [0.15, 0.2) is 42.5 Å². The van der Waals surface area contributed by atoms with Gasteiger partial charge in [0.15, 0.2) is 0 Å². The molecule has 0 bridgehead atoms. The number of aromatic nitrogens is 3. The van der Waals surface area contributed by atoms with Gasteiger partial charge in [-0.05, 0) is 67.2 Å². The molecule has 1 fully saturated rings. The van der Waals surface area contributed by atoms with E-state index in [2.05, 4.69) is 28.5 Å². The van der Waals surface area contributed by atoms with Gasteiger partial charge in [0.05, 0.1) is 17.1 Å². The van der Waals surface area contributed by atoms with Gasteiger partial charge in [-0.2, -0.15) is 0 Å². The molecule has 0 spiro atoms. The Bertz CT molecular complexity index is 1240. The van der Waals surface area contributed by atoms with Gasteiger partial charge in [0.2, 0.25) is 5.91 Å². The molecule has 0 radical (unpaired) electrons. The third-order valence-corrected chi connectivity index (χ3v) is 7.60. The fourth-order valence-electron chi connectivity index (χ4n) is 5.04. The van der Waals surface area contributed by atoms with Crippen LogP contribution in [-0.2, 0) is 4.79 Å². The van der Waals surface area contributed by atoms with Crippen molar-refractivity contribution in [1.82, 2.24) is 19.9 Å². The SMILES string of the molecule is CC(c1ccc(Cl)cc1Cl)n1nnc2ccc(C3=CCN(C(=O)C4(N)CCCC4)CC3)cc21. The Morgan fingerprint density at radius 2 is 1.94 bits per heavy atom. The van der Waals surface area contributed by atoms with Crippen molar-refractivity contribution in [2.75, 3.05) is 13.1 Å². The number of halogens is 2. The first-order chi connectivity index (χ1) is 15.9. The van der Waals surface area contributed by atoms with Crippen molar-refractivity contribution in [1.29, 1.82) is 0 Å². The maximum absolute atomic E-state index is 12.9. The van der Waals surface area contributed by atoms with E-state index in [1.165, 1.54) is 5.57 Å². The molecule has 1 atom stereocenters. The van der Waals surface area contributed by atoms with Gasteiger partial charge in [0, 0.05) is 23.1 Å². The van der Waals surface area contributed by atoms with Gasteiger partial charge >= 0.3 is 0 Å². The van der Waals surface area contributed by atoms with E-state index in [9.17, 15) is 4.79 Å². The van der Waals surface area contributed by atoms with Crippen LogP contribution < -0.4 is 5.73 Å². The average Bonchev–Trinajstić information content (AvgIpc) is 3.45. The fraction of sp³-hybridized carbons (Fsp3) is 0.400. The molecule has 172 valence electrons. The number of hydrogen-bond donors (Lipinski definition) is 1. The first-order valence-electron chi connectivity index (χ1n) is 11.4. The quantitative estimate of drug-likeness (QED) is 0.550. The van der Waals surface area contributed by atoms with E-state index in [-0.39, 0.29) is 11.9 Å². The van der Waals surface area contributed by atoms with E-state index >= 15 is 0 Å². The molecule has 3 aromatic rings. The molecule has 8 heteroatoms. The Morgan fingerprint density at radius 1 is 1.15 bits per heavy atom. The van der Waals surface area contributed by atoms with Gasteiger partial charge in [-0.25, -0.2) is 4.68 Å². The lowest BCUT2D eigenvalue weighted by molar-refractivity contribution is -0.136. The topological polar surface area (TPSA) is 77.0 Å². The second kappa shape index (κ2) is 8.75. The van der Waals surface area contributed by atoms with Crippen LogP contribution in [0.25, 0.3) is 16.6 Å². The molecular weight excluding hydrogens is 457 g/mol. The number of benzene rings is 2. The largest absolute Gasteiger partial charge is 0.337 e. The zero-order valence-corrected chi connectivity index (χ0v) is 20.1. The average molecular weight is 484 g/mol. The molecule has 0 saturated heterocycles. The number of rotatable bonds is 4. The normalized spacial score (nSPS) is 19.0. The smallest absolute Gasteiger partial charge is 0.242 e. The number of fused-ring (bicyclic) bond motifs is 1. The van der Waals surface area contributed by atoms with E-state index in [1.54, 1.807) is 6.07 Å². The summed E-state index contributed by atoms with van der Waals surface area (Å²) in [6.07, 6.45) is 6.61. The molecule has 2 heterocycles. The highest BCUT2D eigenvalue weighted by molar-refractivity contribution is 6.35. The molecule has 6 nitrogen and oxygen atoms in total. The number of nitrogens with zero attached hydrogens (tertiary/aromatic N) is 4. The summed E-state index contributed by atoms with van der Waals surface area (Å²) in [7, 11) is 0. The summed E-state index contributed by atoms with van der Waals surface area (Å²) in [4.78, 5) is 14.8. The number of nitrogens with two attached hydrogens (primary N) is 1. The monoisotopic (exact) mass is 483 g/mol. The molecule has 1 saturated carbocycles. The lowest BCUT2D eigenvalue weighted by Gasteiger charge is -2.33. The highest BCUT2D eigenvalue weighted by Crippen LogP contribution is 2.33. The van der Waals surface area contributed by atoms with Gasteiger partial charge in [-0.3, -0.25) is 4.79 Å². The Hall–Kier alpha value is -2.41. The Kier molecular flexibility index (Phi) is 5.93. The Labute approximate surface area is 203 Å². The van der Waals surface area contributed by atoms with Gasteiger partial charge in [-0.15, -0.1) is 5.10 Å². The van der Waals surface area contributed by atoms with Crippen molar-refractivity contribution in [2.45, 2.75) is 50.6 Å². The van der Waals surface area contributed by atoms with E-state index in [0.29, 0.717) is 23.1 Å². The second-order valence-electron chi connectivity index (χ2n) is 9.17. The molecule has 1 aromatic heterocycles. The summed E-state index contributed by atoms with van der Waals surface area (Å²) in [5.41, 5.74) is 10.8. The minimum absolute atomic E-state index is 0.0988. The first kappa shape index (κ1) is 22.4. The Morgan fingerprint density at radius 3 is 2.64 bits per heavy atom. The van der Waals surface area contributed by atoms with Crippen LogP contribution in [-0.4, -0.2) is 44.4 Å². The van der Waals surface area contributed by atoms with E-state index in [1.807, 2.05) is 34.7 Å². The summed E-state index contributed by atoms with van der Waals surface area (Å²) in [5.74, 6) is 0.0988. The van der Waals surface area contributed by atoms with Crippen molar-refractivity contribution in [3.8, 4) is 0 Å². The molecule has 2 aromatic carbocycles. The van der Waals surface area contributed by atoms with Gasteiger partial charge in [0.1, 0.15) is 5.52 Å². The second-order valence-corrected chi connectivity index (χ2v) is 10.0. The first-order valence-corrected chi connectivity index (χ1v) is 12.2. The number of hydrogen-bond acceptors (Lipinski definition) is 4. The third-order valence-electron chi connectivity index (χ3n) is 7.04. The molecule has 2 N–H and O–H groups in total. The van der Waals surface area contributed by atoms with E-state index < -0.39 is 5.54 Å². The van der Waals surface area contributed by atoms with Crippen molar-refractivity contribution < 1.29 is 4.79 Å². The van der Waals surface area contributed by atoms with Crippen LogP contribution in [0.3, 0.4) is 0 Å². The highest BCUT2D eigenvalue weighted by atomic mass is 35.5. The van der Waals surface area contributed by atoms with Crippen LogP contribution in [0.5, 0.6) is 0 Å².